The summed E-state index contributed by atoms with van der Waals surface area (Å²) in [5.41, 5.74) is 14.4. The van der Waals surface area contributed by atoms with E-state index >= 15 is 0 Å². The lowest BCUT2D eigenvalue weighted by atomic mass is 9.78. The molecule has 0 saturated carbocycles. The van der Waals surface area contributed by atoms with Crippen molar-refractivity contribution in [1.29, 1.82) is 0 Å². The lowest BCUT2D eigenvalue weighted by Crippen LogP contribution is -2.16. The second-order valence-corrected chi connectivity index (χ2v) is 14.9. The van der Waals surface area contributed by atoms with Gasteiger partial charge in [0.1, 0.15) is 11.2 Å². The lowest BCUT2D eigenvalue weighted by Gasteiger charge is -2.25. The number of nitrogens with zero attached hydrogens (tertiary/aromatic N) is 2. The third kappa shape index (κ3) is 4.55. The highest BCUT2D eigenvalue weighted by Crippen LogP contribution is 2.55. The first-order valence-electron chi connectivity index (χ1n) is 18.6. The van der Waals surface area contributed by atoms with Gasteiger partial charge in [-0.1, -0.05) is 153 Å². The number of hydrogen-bond acceptors (Lipinski definition) is 3. The summed E-state index contributed by atoms with van der Waals surface area (Å²) in [6.07, 6.45) is 0. The number of aromatic nitrogens is 2. The normalized spacial score (nSPS) is 13.1. The van der Waals surface area contributed by atoms with Crippen molar-refractivity contribution in [1.82, 2.24) is 9.97 Å². The van der Waals surface area contributed by atoms with E-state index in [1.807, 2.05) is 30.3 Å². The van der Waals surface area contributed by atoms with Gasteiger partial charge in [0, 0.05) is 32.9 Å². The van der Waals surface area contributed by atoms with Gasteiger partial charge in [0.15, 0.2) is 5.82 Å². The first-order chi connectivity index (χ1) is 26.5. The van der Waals surface area contributed by atoms with E-state index in [2.05, 4.69) is 153 Å². The van der Waals surface area contributed by atoms with Crippen LogP contribution in [0, 0.1) is 0 Å². The Kier molecular flexibility index (Phi) is 6.60. The molecule has 2 aromatic heterocycles. The molecule has 3 nitrogen and oxygen atoms in total. The highest BCUT2D eigenvalue weighted by molar-refractivity contribution is 6.09. The molecule has 0 spiro atoms. The minimum Gasteiger partial charge on any atom is -0.456 e. The van der Waals surface area contributed by atoms with Crippen LogP contribution in [0.2, 0.25) is 0 Å². The Hall–Kier alpha value is -6.84. The Balaban J connectivity index is 1.11. The Morgan fingerprint density at radius 1 is 0.426 bits per heavy atom. The van der Waals surface area contributed by atoms with Crippen molar-refractivity contribution < 1.29 is 4.42 Å². The van der Waals surface area contributed by atoms with Crippen LogP contribution in [0.15, 0.2) is 174 Å². The van der Waals surface area contributed by atoms with E-state index in [0.29, 0.717) is 5.82 Å². The van der Waals surface area contributed by atoms with Crippen molar-refractivity contribution in [2.24, 2.45) is 0 Å². The van der Waals surface area contributed by atoms with Crippen LogP contribution < -0.4 is 0 Å². The highest BCUT2D eigenvalue weighted by atomic mass is 16.3. The standard InChI is InChI=1S/C51H34N2O/c1-51(2)43-27-23-31-13-6-7-16-34(31)48(43)41-21-12-20-40(49(41)51)37-25-26-38(36-18-9-8-17-35(36)37)45-30-44(52-50(53-45)32-14-4-3-5-15-32)33-24-28-47-42(29-33)39-19-10-11-22-46(39)54-47/h3-30H,1-2H3. The van der Waals surface area contributed by atoms with E-state index in [-0.39, 0.29) is 5.41 Å². The van der Waals surface area contributed by atoms with Crippen molar-refractivity contribution in [3.63, 3.8) is 0 Å². The molecule has 11 rings (SSSR count). The summed E-state index contributed by atoms with van der Waals surface area (Å²) in [6.45, 7) is 4.76. The molecule has 0 bridgehead atoms. The number of benzene rings is 8. The fraction of sp³-hybridized carbons (Fsp3) is 0.0588. The molecule has 0 N–H and O–H groups in total. The maximum Gasteiger partial charge on any atom is 0.160 e. The zero-order chi connectivity index (χ0) is 36.0. The smallest absolute Gasteiger partial charge is 0.160 e. The molecular formula is C51H34N2O. The van der Waals surface area contributed by atoms with E-state index in [4.69, 9.17) is 14.4 Å². The van der Waals surface area contributed by atoms with Gasteiger partial charge in [-0.05, 0) is 85.3 Å². The molecule has 3 heteroatoms. The average Bonchev–Trinajstić information content (AvgIpc) is 3.72. The minimum atomic E-state index is -0.168. The molecule has 254 valence electrons. The second kappa shape index (κ2) is 11.6. The van der Waals surface area contributed by atoms with Gasteiger partial charge in [0.05, 0.1) is 11.4 Å². The molecule has 54 heavy (non-hydrogen) atoms. The number of rotatable bonds is 4. The Morgan fingerprint density at radius 2 is 1.09 bits per heavy atom. The van der Waals surface area contributed by atoms with E-state index in [9.17, 15) is 0 Å². The van der Waals surface area contributed by atoms with Crippen molar-refractivity contribution in [3.05, 3.63) is 181 Å². The number of para-hydroxylation sites is 1. The van der Waals surface area contributed by atoms with Crippen LogP contribution in [0.4, 0.5) is 0 Å². The zero-order valence-corrected chi connectivity index (χ0v) is 30.0. The molecule has 0 unspecified atom stereocenters. The summed E-state index contributed by atoms with van der Waals surface area (Å²) < 4.78 is 6.17. The molecule has 1 aliphatic carbocycles. The molecule has 0 atom stereocenters. The summed E-state index contributed by atoms with van der Waals surface area (Å²) in [5, 5.41) is 7.12. The van der Waals surface area contributed by atoms with E-state index in [0.717, 1.165) is 55.4 Å². The van der Waals surface area contributed by atoms with Crippen LogP contribution in [-0.2, 0) is 5.41 Å². The Bertz CT molecular complexity index is 3130. The molecule has 0 fully saturated rings. The largest absolute Gasteiger partial charge is 0.456 e. The fourth-order valence-corrected chi connectivity index (χ4v) is 8.97. The van der Waals surface area contributed by atoms with Gasteiger partial charge in [-0.3, -0.25) is 0 Å². The van der Waals surface area contributed by atoms with Crippen LogP contribution in [0.25, 0.3) is 99.6 Å². The maximum atomic E-state index is 6.17. The van der Waals surface area contributed by atoms with Crippen LogP contribution in [0.3, 0.4) is 0 Å². The fourth-order valence-electron chi connectivity index (χ4n) is 8.97. The van der Waals surface area contributed by atoms with Crippen LogP contribution in [-0.4, -0.2) is 9.97 Å². The van der Waals surface area contributed by atoms with Crippen molar-refractivity contribution in [2.45, 2.75) is 19.3 Å². The zero-order valence-electron chi connectivity index (χ0n) is 30.0. The number of hydrogen-bond donors (Lipinski definition) is 0. The van der Waals surface area contributed by atoms with Gasteiger partial charge in [-0.25, -0.2) is 9.97 Å². The van der Waals surface area contributed by atoms with Crippen molar-refractivity contribution >= 4 is 43.5 Å². The van der Waals surface area contributed by atoms with Crippen molar-refractivity contribution in [3.8, 4) is 56.2 Å². The van der Waals surface area contributed by atoms with Crippen LogP contribution in [0.1, 0.15) is 25.0 Å². The SMILES string of the molecule is CC1(C)c2ccc3ccccc3c2-c2cccc(-c3ccc(-c4cc(-c5ccc6oc7ccccc7c6c5)nc(-c5ccccc5)n4)c4ccccc34)c21. The van der Waals surface area contributed by atoms with Gasteiger partial charge >= 0.3 is 0 Å². The second-order valence-electron chi connectivity index (χ2n) is 14.9. The monoisotopic (exact) mass is 690 g/mol. The van der Waals surface area contributed by atoms with E-state index in [1.165, 1.54) is 49.5 Å². The summed E-state index contributed by atoms with van der Waals surface area (Å²) in [4.78, 5) is 10.4. The maximum absolute atomic E-state index is 6.17. The average molecular weight is 691 g/mol. The highest BCUT2D eigenvalue weighted by Gasteiger charge is 2.38. The third-order valence-electron chi connectivity index (χ3n) is 11.5. The summed E-state index contributed by atoms with van der Waals surface area (Å²) in [5.74, 6) is 0.695. The molecule has 2 heterocycles. The first kappa shape index (κ1) is 30.8. The summed E-state index contributed by atoms with van der Waals surface area (Å²) >= 11 is 0. The molecule has 8 aromatic carbocycles. The first-order valence-corrected chi connectivity index (χ1v) is 18.6. The van der Waals surface area contributed by atoms with Gasteiger partial charge < -0.3 is 4.42 Å². The molecule has 0 saturated heterocycles. The third-order valence-corrected chi connectivity index (χ3v) is 11.5. The predicted molar refractivity (Wildman–Crippen MR) is 224 cm³/mol. The van der Waals surface area contributed by atoms with Gasteiger partial charge in [0.25, 0.3) is 0 Å². The molecule has 0 radical (unpaired) electrons. The van der Waals surface area contributed by atoms with Gasteiger partial charge in [-0.2, -0.15) is 0 Å². The van der Waals surface area contributed by atoms with Crippen molar-refractivity contribution in [2.75, 3.05) is 0 Å². The Morgan fingerprint density at radius 3 is 1.94 bits per heavy atom. The quantitative estimate of drug-likeness (QED) is 0.184. The van der Waals surface area contributed by atoms with Crippen LogP contribution >= 0.6 is 0 Å². The molecule has 10 aromatic rings. The topological polar surface area (TPSA) is 38.9 Å². The number of fused-ring (bicyclic) bond motifs is 9. The van der Waals surface area contributed by atoms with Crippen LogP contribution in [0.5, 0.6) is 0 Å². The Labute approximate surface area is 313 Å². The molecule has 0 aliphatic heterocycles. The van der Waals surface area contributed by atoms with Gasteiger partial charge in [-0.15, -0.1) is 0 Å². The van der Waals surface area contributed by atoms with E-state index < -0.39 is 0 Å². The predicted octanol–water partition coefficient (Wildman–Crippen LogP) is 13.7. The van der Waals surface area contributed by atoms with Gasteiger partial charge in [0.2, 0.25) is 0 Å². The van der Waals surface area contributed by atoms with E-state index in [1.54, 1.807) is 0 Å². The lowest BCUT2D eigenvalue weighted by molar-refractivity contribution is 0.662. The summed E-state index contributed by atoms with van der Waals surface area (Å²) in [7, 11) is 0. The minimum absolute atomic E-state index is 0.168. The number of furan rings is 1. The summed E-state index contributed by atoms with van der Waals surface area (Å²) in [6, 6.07) is 60.5. The molecule has 1 aliphatic rings. The molecular weight excluding hydrogens is 657 g/mol. The molecule has 0 amide bonds.